The van der Waals surface area contributed by atoms with Crippen molar-refractivity contribution < 1.29 is 14.3 Å². The van der Waals surface area contributed by atoms with Crippen LogP contribution >= 0.6 is 11.6 Å². The van der Waals surface area contributed by atoms with Crippen molar-refractivity contribution >= 4 is 29.1 Å². The molecule has 1 unspecified atom stereocenters. The van der Waals surface area contributed by atoms with Crippen LogP contribution in [0, 0.1) is 0 Å². The van der Waals surface area contributed by atoms with Gasteiger partial charge in [0.15, 0.2) is 6.61 Å². The summed E-state index contributed by atoms with van der Waals surface area (Å²) >= 11 is 6.02. The molecule has 1 atom stereocenters. The summed E-state index contributed by atoms with van der Waals surface area (Å²) in [4.78, 5) is 26.5. The molecule has 1 heterocycles. The second kappa shape index (κ2) is 8.03. The lowest BCUT2D eigenvalue weighted by molar-refractivity contribution is -0.138. The van der Waals surface area contributed by atoms with Crippen LogP contribution in [0.25, 0.3) is 0 Å². The number of hydrogen-bond donors (Lipinski definition) is 1. The van der Waals surface area contributed by atoms with E-state index in [4.69, 9.17) is 16.3 Å². The van der Waals surface area contributed by atoms with E-state index in [0.29, 0.717) is 23.7 Å². The van der Waals surface area contributed by atoms with Crippen LogP contribution in [-0.2, 0) is 9.59 Å². The lowest BCUT2D eigenvalue weighted by Gasteiger charge is -2.24. The Balaban J connectivity index is 1.59. The van der Waals surface area contributed by atoms with Crippen molar-refractivity contribution in [2.75, 3.05) is 18.5 Å². The van der Waals surface area contributed by atoms with Gasteiger partial charge in [0.1, 0.15) is 11.8 Å². The maximum absolute atomic E-state index is 12.5. The molecule has 0 bridgehead atoms. The van der Waals surface area contributed by atoms with Gasteiger partial charge in [0.05, 0.1) is 5.02 Å². The molecule has 0 aliphatic carbocycles. The fraction of sp³-hybridized carbons (Fsp3) is 0.263. The van der Waals surface area contributed by atoms with Gasteiger partial charge in [0.25, 0.3) is 5.91 Å². The van der Waals surface area contributed by atoms with E-state index in [0.717, 1.165) is 12.1 Å². The summed E-state index contributed by atoms with van der Waals surface area (Å²) in [7, 11) is 0. The van der Waals surface area contributed by atoms with Crippen molar-refractivity contribution in [3.8, 4) is 5.75 Å². The summed E-state index contributed by atoms with van der Waals surface area (Å²) in [6.07, 6.45) is 1.45. The van der Waals surface area contributed by atoms with Crippen LogP contribution in [0.4, 0.5) is 5.69 Å². The van der Waals surface area contributed by atoms with E-state index in [-0.39, 0.29) is 18.4 Å². The Bertz CT molecular complexity index is 751. The zero-order valence-corrected chi connectivity index (χ0v) is 14.4. The minimum atomic E-state index is -0.470. The summed E-state index contributed by atoms with van der Waals surface area (Å²) in [5.74, 6) is 0.0717. The molecule has 3 rings (SSSR count). The average Bonchev–Trinajstić information content (AvgIpc) is 3.12. The van der Waals surface area contributed by atoms with Gasteiger partial charge in [-0.05, 0) is 37.1 Å². The average molecular weight is 359 g/mol. The number of nitrogens with zero attached hydrogens (tertiary/aromatic N) is 1. The first-order valence-corrected chi connectivity index (χ1v) is 8.55. The fourth-order valence-electron chi connectivity index (χ4n) is 2.87. The van der Waals surface area contributed by atoms with Gasteiger partial charge >= 0.3 is 0 Å². The highest BCUT2D eigenvalue weighted by atomic mass is 35.5. The highest BCUT2D eigenvalue weighted by Gasteiger charge is 2.34. The van der Waals surface area contributed by atoms with E-state index in [1.54, 1.807) is 29.2 Å². The molecule has 0 saturated carbocycles. The number of benzene rings is 2. The number of amides is 2. The van der Waals surface area contributed by atoms with Crippen LogP contribution in [0.5, 0.6) is 5.75 Å². The summed E-state index contributed by atoms with van der Waals surface area (Å²) in [6, 6.07) is 15.7. The zero-order chi connectivity index (χ0) is 17.6. The number of ether oxygens (including phenoxy) is 1. The van der Waals surface area contributed by atoms with E-state index < -0.39 is 6.04 Å². The first-order valence-electron chi connectivity index (χ1n) is 8.18. The van der Waals surface area contributed by atoms with Crippen LogP contribution in [0.2, 0.25) is 5.02 Å². The third-order valence-corrected chi connectivity index (χ3v) is 4.42. The summed E-state index contributed by atoms with van der Waals surface area (Å²) in [5, 5.41) is 3.31. The van der Waals surface area contributed by atoms with Gasteiger partial charge in [-0.3, -0.25) is 9.59 Å². The highest BCUT2D eigenvalue weighted by Crippen LogP contribution is 2.24. The smallest absolute Gasteiger partial charge is 0.261 e. The molecule has 1 saturated heterocycles. The Hall–Kier alpha value is -2.53. The second-order valence-corrected chi connectivity index (χ2v) is 6.23. The first kappa shape index (κ1) is 17.3. The van der Waals surface area contributed by atoms with Crippen molar-refractivity contribution in [3.63, 3.8) is 0 Å². The predicted octanol–water partition coefficient (Wildman–Crippen LogP) is 3.35. The number of carbonyl (C=O) groups is 2. The maximum Gasteiger partial charge on any atom is 0.261 e. The number of nitrogens with one attached hydrogen (secondary N) is 1. The van der Waals surface area contributed by atoms with Gasteiger partial charge in [-0.25, -0.2) is 0 Å². The number of para-hydroxylation sites is 2. The molecule has 2 amide bonds. The molecule has 1 fully saturated rings. The lowest BCUT2D eigenvalue weighted by Crippen LogP contribution is -2.45. The third-order valence-electron chi connectivity index (χ3n) is 4.10. The Kier molecular flexibility index (Phi) is 5.56. The molecule has 5 nitrogen and oxygen atoms in total. The molecular formula is C19H19ClN2O3. The second-order valence-electron chi connectivity index (χ2n) is 5.82. The molecule has 2 aromatic carbocycles. The molecule has 2 aromatic rings. The molecule has 1 aliphatic rings. The molecule has 1 aliphatic heterocycles. The van der Waals surface area contributed by atoms with Gasteiger partial charge in [-0.2, -0.15) is 0 Å². The number of halogens is 1. The van der Waals surface area contributed by atoms with Gasteiger partial charge in [-0.15, -0.1) is 0 Å². The van der Waals surface area contributed by atoms with Crippen molar-refractivity contribution in [2.24, 2.45) is 0 Å². The van der Waals surface area contributed by atoms with Crippen molar-refractivity contribution in [1.82, 2.24) is 4.90 Å². The van der Waals surface area contributed by atoms with Crippen LogP contribution in [0.3, 0.4) is 0 Å². The number of anilines is 1. The Labute approximate surface area is 151 Å². The molecule has 25 heavy (non-hydrogen) atoms. The van der Waals surface area contributed by atoms with Crippen molar-refractivity contribution in [3.05, 3.63) is 59.6 Å². The van der Waals surface area contributed by atoms with E-state index in [2.05, 4.69) is 5.32 Å². The molecule has 1 N–H and O–H groups in total. The Morgan fingerprint density at radius 3 is 2.60 bits per heavy atom. The summed E-state index contributed by atoms with van der Waals surface area (Å²) in [5.41, 5.74) is 0.721. The minimum Gasteiger partial charge on any atom is -0.482 e. The van der Waals surface area contributed by atoms with E-state index in [1.165, 1.54) is 0 Å². The SMILES string of the molecule is O=C(Nc1ccccc1)C1CCCN1C(=O)COc1ccccc1Cl. The number of carbonyl (C=O) groups excluding carboxylic acids is 2. The molecule has 0 spiro atoms. The van der Waals surface area contributed by atoms with Gasteiger partial charge in [-0.1, -0.05) is 41.9 Å². The summed E-state index contributed by atoms with van der Waals surface area (Å²) < 4.78 is 5.50. The largest absolute Gasteiger partial charge is 0.482 e. The standard InChI is InChI=1S/C19H19ClN2O3/c20-15-9-4-5-11-17(15)25-13-18(23)22-12-6-10-16(22)19(24)21-14-7-2-1-3-8-14/h1-5,7-9,11,16H,6,10,12-13H2,(H,21,24). The first-order chi connectivity index (χ1) is 12.1. The van der Waals surface area contributed by atoms with Crippen LogP contribution in [0.1, 0.15) is 12.8 Å². The monoisotopic (exact) mass is 358 g/mol. The quantitative estimate of drug-likeness (QED) is 0.891. The minimum absolute atomic E-state index is 0.140. The lowest BCUT2D eigenvalue weighted by atomic mass is 10.2. The number of hydrogen-bond acceptors (Lipinski definition) is 3. The van der Waals surface area contributed by atoms with E-state index >= 15 is 0 Å². The van der Waals surface area contributed by atoms with Gasteiger partial charge < -0.3 is 15.0 Å². The van der Waals surface area contributed by atoms with Crippen LogP contribution < -0.4 is 10.1 Å². The fourth-order valence-corrected chi connectivity index (χ4v) is 3.06. The van der Waals surface area contributed by atoms with Gasteiger partial charge in [0.2, 0.25) is 5.91 Å². The van der Waals surface area contributed by atoms with E-state index in [1.807, 2.05) is 30.3 Å². The Morgan fingerprint density at radius 1 is 1.12 bits per heavy atom. The van der Waals surface area contributed by atoms with Gasteiger partial charge in [0, 0.05) is 12.2 Å². The highest BCUT2D eigenvalue weighted by molar-refractivity contribution is 6.32. The normalized spacial score (nSPS) is 16.5. The van der Waals surface area contributed by atoms with E-state index in [9.17, 15) is 9.59 Å². The summed E-state index contributed by atoms with van der Waals surface area (Å²) in [6.45, 7) is 0.413. The molecule has 6 heteroatoms. The van der Waals surface area contributed by atoms with Crippen molar-refractivity contribution in [2.45, 2.75) is 18.9 Å². The molecule has 0 aromatic heterocycles. The zero-order valence-electron chi connectivity index (χ0n) is 13.7. The number of likely N-dealkylation sites (tertiary alicyclic amines) is 1. The maximum atomic E-state index is 12.5. The predicted molar refractivity (Wildman–Crippen MR) is 96.8 cm³/mol. The van der Waals surface area contributed by atoms with Crippen LogP contribution in [0.15, 0.2) is 54.6 Å². The van der Waals surface area contributed by atoms with Crippen molar-refractivity contribution in [1.29, 1.82) is 0 Å². The third kappa shape index (κ3) is 4.31. The molecule has 130 valence electrons. The Morgan fingerprint density at radius 2 is 1.84 bits per heavy atom. The molecule has 0 radical (unpaired) electrons. The van der Waals surface area contributed by atoms with Crippen LogP contribution in [-0.4, -0.2) is 35.9 Å². The number of rotatable bonds is 5. The molecular weight excluding hydrogens is 340 g/mol. The topological polar surface area (TPSA) is 58.6 Å².